The number of amides is 1. The summed E-state index contributed by atoms with van der Waals surface area (Å²) in [4.78, 5) is 17.3. The second kappa shape index (κ2) is 9.72. The van der Waals surface area contributed by atoms with Crippen LogP contribution in [-0.2, 0) is 16.6 Å². The molecule has 9 nitrogen and oxygen atoms in total. The first-order valence-electron chi connectivity index (χ1n) is 10.8. The molecule has 10 heteroatoms. The van der Waals surface area contributed by atoms with Crippen LogP contribution >= 0.6 is 0 Å². The molecule has 0 saturated carbocycles. The van der Waals surface area contributed by atoms with E-state index in [1.165, 1.54) is 10.4 Å². The quantitative estimate of drug-likeness (QED) is 0.560. The zero-order valence-corrected chi connectivity index (χ0v) is 19.4. The van der Waals surface area contributed by atoms with Gasteiger partial charge < -0.3 is 14.6 Å². The number of sulfonamides is 1. The first-order valence-corrected chi connectivity index (χ1v) is 12.2. The van der Waals surface area contributed by atoms with Gasteiger partial charge in [0.1, 0.15) is 5.75 Å². The molecule has 1 aromatic heterocycles. The topological polar surface area (TPSA) is 115 Å². The molecule has 2 heterocycles. The Balaban J connectivity index is 1.53. The molecular weight excluding hydrogens is 444 g/mol. The maximum absolute atomic E-state index is 13.1. The number of carbonyl (C=O) groups is 1. The van der Waals surface area contributed by atoms with Gasteiger partial charge in [-0.3, -0.25) is 4.79 Å². The largest absolute Gasteiger partial charge is 0.485 e. The van der Waals surface area contributed by atoms with Crippen LogP contribution in [0.5, 0.6) is 5.75 Å². The Labute approximate surface area is 192 Å². The predicted molar refractivity (Wildman–Crippen MR) is 122 cm³/mol. The third-order valence-electron chi connectivity index (χ3n) is 5.47. The van der Waals surface area contributed by atoms with E-state index >= 15 is 0 Å². The number of para-hydroxylation sites is 1. The van der Waals surface area contributed by atoms with Crippen LogP contribution in [0, 0.1) is 13.8 Å². The Hall–Kier alpha value is -3.24. The molecule has 1 N–H and O–H groups in total. The molecule has 1 amide bonds. The summed E-state index contributed by atoms with van der Waals surface area (Å²) in [6.07, 6.45) is 2.75. The minimum Gasteiger partial charge on any atom is -0.485 e. The first-order chi connectivity index (χ1) is 15.8. The predicted octanol–water partition coefficient (Wildman–Crippen LogP) is 3.69. The highest BCUT2D eigenvalue weighted by Gasteiger charge is 2.26. The van der Waals surface area contributed by atoms with Gasteiger partial charge in [0.05, 0.1) is 10.5 Å². The maximum atomic E-state index is 13.1. The lowest BCUT2D eigenvalue weighted by Crippen LogP contribution is -2.35. The average molecular weight is 471 g/mol. The normalized spacial score (nSPS) is 14.7. The molecular formula is C23H26N4O5S. The van der Waals surface area contributed by atoms with Crippen molar-refractivity contribution in [3.63, 3.8) is 0 Å². The number of ether oxygens (including phenoxy) is 1. The van der Waals surface area contributed by atoms with Crippen LogP contribution in [0.2, 0.25) is 0 Å². The number of aryl methyl sites for hydroxylation is 2. The monoisotopic (exact) mass is 470 g/mol. The molecule has 33 heavy (non-hydrogen) atoms. The van der Waals surface area contributed by atoms with Gasteiger partial charge >= 0.3 is 0 Å². The number of piperidine rings is 1. The summed E-state index contributed by atoms with van der Waals surface area (Å²) in [6, 6.07) is 11.6. The van der Waals surface area contributed by atoms with Crippen LogP contribution in [0.4, 0.5) is 5.69 Å². The number of hydrogen-bond donors (Lipinski definition) is 1. The summed E-state index contributed by atoms with van der Waals surface area (Å²) >= 11 is 0. The van der Waals surface area contributed by atoms with E-state index < -0.39 is 15.9 Å². The van der Waals surface area contributed by atoms with Crippen LogP contribution in [0.25, 0.3) is 0 Å². The molecule has 0 bridgehead atoms. The van der Waals surface area contributed by atoms with E-state index in [0.717, 1.165) is 24.8 Å². The van der Waals surface area contributed by atoms with Gasteiger partial charge in [-0.15, -0.1) is 0 Å². The van der Waals surface area contributed by atoms with Crippen molar-refractivity contribution < 1.29 is 22.5 Å². The molecule has 0 unspecified atom stereocenters. The van der Waals surface area contributed by atoms with E-state index in [1.54, 1.807) is 43.3 Å². The molecule has 4 rings (SSSR count). The van der Waals surface area contributed by atoms with E-state index in [1.807, 2.05) is 6.92 Å². The van der Waals surface area contributed by atoms with Gasteiger partial charge in [-0.25, -0.2) is 8.42 Å². The number of hydrogen-bond acceptors (Lipinski definition) is 7. The van der Waals surface area contributed by atoms with Gasteiger partial charge in [-0.1, -0.05) is 29.8 Å². The second-order valence-corrected chi connectivity index (χ2v) is 9.85. The molecule has 3 aromatic rings. The lowest BCUT2D eigenvalue weighted by molar-refractivity contribution is 0.102. The summed E-state index contributed by atoms with van der Waals surface area (Å²) in [5.74, 6) is 0.737. The van der Waals surface area contributed by atoms with E-state index in [-0.39, 0.29) is 11.5 Å². The van der Waals surface area contributed by atoms with Gasteiger partial charge in [0.25, 0.3) is 5.91 Å². The SMILES string of the molecule is Cc1nc(COc2ccccc2C(=O)Nc2cc(S(=O)(=O)N3CCCCC3)ccc2C)no1. The molecule has 0 radical (unpaired) electrons. The molecule has 1 fully saturated rings. The number of nitrogens with one attached hydrogen (secondary N) is 1. The Bertz CT molecular complexity index is 1250. The van der Waals surface area contributed by atoms with Crippen LogP contribution in [0.3, 0.4) is 0 Å². The van der Waals surface area contributed by atoms with Crippen molar-refractivity contribution in [2.45, 2.75) is 44.6 Å². The van der Waals surface area contributed by atoms with E-state index in [4.69, 9.17) is 9.26 Å². The summed E-state index contributed by atoms with van der Waals surface area (Å²) in [6.45, 7) is 4.57. The highest BCUT2D eigenvalue weighted by molar-refractivity contribution is 7.89. The number of nitrogens with zero attached hydrogens (tertiary/aromatic N) is 3. The fourth-order valence-corrected chi connectivity index (χ4v) is 5.21. The fourth-order valence-electron chi connectivity index (χ4n) is 3.66. The number of carbonyl (C=O) groups excluding carboxylic acids is 1. The molecule has 0 atom stereocenters. The van der Waals surface area contributed by atoms with Crippen LogP contribution in [0.1, 0.15) is 46.9 Å². The lowest BCUT2D eigenvalue weighted by atomic mass is 10.1. The zero-order valence-electron chi connectivity index (χ0n) is 18.6. The Kier molecular flexibility index (Phi) is 6.75. The minimum atomic E-state index is -3.61. The summed E-state index contributed by atoms with van der Waals surface area (Å²) < 4.78 is 38.3. The Morgan fingerprint density at radius 1 is 1.12 bits per heavy atom. The van der Waals surface area contributed by atoms with E-state index in [9.17, 15) is 13.2 Å². The second-order valence-electron chi connectivity index (χ2n) is 7.91. The molecule has 0 spiro atoms. The molecule has 1 aliphatic rings. The third kappa shape index (κ3) is 5.23. The van der Waals surface area contributed by atoms with Crippen molar-refractivity contribution in [3.8, 4) is 5.75 Å². The van der Waals surface area contributed by atoms with Gasteiger partial charge in [0.2, 0.25) is 21.7 Å². The number of aromatic nitrogens is 2. The molecule has 2 aromatic carbocycles. The van der Waals surface area contributed by atoms with Crippen LogP contribution in [0.15, 0.2) is 51.9 Å². The molecule has 0 aliphatic carbocycles. The standard InChI is InChI=1S/C23H26N4O5S/c1-16-10-11-18(33(29,30)27-12-6-3-7-13-27)14-20(16)25-23(28)19-8-4-5-9-21(19)31-15-22-24-17(2)32-26-22/h4-5,8-11,14H,3,6-7,12-13,15H2,1-2H3,(H,25,28). The summed E-state index contributed by atoms with van der Waals surface area (Å²) in [5.41, 5.74) is 1.49. The van der Waals surface area contributed by atoms with Crippen molar-refractivity contribution >= 4 is 21.6 Å². The number of rotatable bonds is 7. The van der Waals surface area contributed by atoms with Crippen molar-refractivity contribution in [3.05, 3.63) is 65.3 Å². The smallest absolute Gasteiger partial charge is 0.259 e. The number of anilines is 1. The van der Waals surface area contributed by atoms with Gasteiger partial charge in [-0.2, -0.15) is 9.29 Å². The van der Waals surface area contributed by atoms with Crippen molar-refractivity contribution in [1.82, 2.24) is 14.4 Å². The lowest BCUT2D eigenvalue weighted by Gasteiger charge is -2.26. The number of benzene rings is 2. The van der Waals surface area contributed by atoms with E-state index in [2.05, 4.69) is 15.5 Å². The summed E-state index contributed by atoms with van der Waals surface area (Å²) in [7, 11) is -3.61. The first kappa shape index (κ1) is 22.9. The van der Waals surface area contributed by atoms with E-state index in [0.29, 0.717) is 41.8 Å². The van der Waals surface area contributed by atoms with Crippen molar-refractivity contribution in [1.29, 1.82) is 0 Å². The highest BCUT2D eigenvalue weighted by Crippen LogP contribution is 2.27. The van der Waals surface area contributed by atoms with Crippen molar-refractivity contribution in [2.75, 3.05) is 18.4 Å². The minimum absolute atomic E-state index is 0.0459. The van der Waals surface area contributed by atoms with Gasteiger partial charge in [0.15, 0.2) is 6.61 Å². The average Bonchev–Trinajstić information content (AvgIpc) is 3.24. The van der Waals surface area contributed by atoms with Gasteiger partial charge in [0, 0.05) is 25.7 Å². The van der Waals surface area contributed by atoms with Crippen molar-refractivity contribution in [2.24, 2.45) is 0 Å². The third-order valence-corrected chi connectivity index (χ3v) is 7.36. The summed E-state index contributed by atoms with van der Waals surface area (Å²) in [5, 5.41) is 6.62. The Morgan fingerprint density at radius 2 is 1.88 bits per heavy atom. The molecule has 1 aliphatic heterocycles. The van der Waals surface area contributed by atoms with Crippen LogP contribution in [-0.4, -0.2) is 41.9 Å². The Morgan fingerprint density at radius 3 is 2.61 bits per heavy atom. The fraction of sp³-hybridized carbons (Fsp3) is 0.348. The zero-order chi connectivity index (χ0) is 23.4. The highest BCUT2D eigenvalue weighted by atomic mass is 32.2. The van der Waals surface area contributed by atoms with Crippen LogP contribution < -0.4 is 10.1 Å². The molecule has 1 saturated heterocycles. The maximum Gasteiger partial charge on any atom is 0.259 e. The molecule has 174 valence electrons. The van der Waals surface area contributed by atoms with Gasteiger partial charge in [-0.05, 0) is 49.6 Å².